The summed E-state index contributed by atoms with van der Waals surface area (Å²) in [6.07, 6.45) is 2.09. The Bertz CT molecular complexity index is 429. The first-order valence-electron chi connectivity index (χ1n) is 4.84. The van der Waals surface area contributed by atoms with Crippen LogP contribution >= 0.6 is 40.2 Å². The van der Waals surface area contributed by atoms with Crippen molar-refractivity contribution in [2.75, 3.05) is 17.2 Å². The Kier molecular flexibility index (Phi) is 3.77. The summed E-state index contributed by atoms with van der Waals surface area (Å²) in [6, 6.07) is 1.77. The molecule has 1 atom stereocenters. The van der Waals surface area contributed by atoms with Gasteiger partial charge in [0.05, 0.1) is 5.02 Å². The summed E-state index contributed by atoms with van der Waals surface area (Å²) in [6.45, 7) is 0.684. The van der Waals surface area contributed by atoms with E-state index < -0.39 is 0 Å². The molecule has 86 valence electrons. The van der Waals surface area contributed by atoms with Crippen LogP contribution in [0.15, 0.2) is 16.7 Å². The van der Waals surface area contributed by atoms with Crippen molar-refractivity contribution in [2.45, 2.75) is 6.42 Å². The first-order valence-corrected chi connectivity index (χ1v) is 6.64. The molecule has 1 aliphatic rings. The molecular formula is C10H10BrClN2OS. The molecule has 1 aliphatic heterocycles. The standard InChI is InChI=1S/C10H10BrClN2OS/c11-7-2-9(13-3-8(7)12)14-4-6(5-16)1-10(14)15/h2-3,6,16H,1,4-5H2. The number of pyridine rings is 1. The summed E-state index contributed by atoms with van der Waals surface area (Å²) >= 11 is 13.4. The first kappa shape index (κ1) is 12.2. The fourth-order valence-corrected chi connectivity index (χ4v) is 2.33. The van der Waals surface area contributed by atoms with Crippen molar-refractivity contribution in [3.63, 3.8) is 0 Å². The molecule has 0 spiro atoms. The number of hydrogen-bond donors (Lipinski definition) is 1. The van der Waals surface area contributed by atoms with Gasteiger partial charge in [-0.05, 0) is 33.7 Å². The number of amides is 1. The summed E-state index contributed by atoms with van der Waals surface area (Å²) in [5.74, 6) is 1.77. The van der Waals surface area contributed by atoms with E-state index in [9.17, 15) is 4.79 Å². The van der Waals surface area contributed by atoms with Crippen molar-refractivity contribution in [1.29, 1.82) is 0 Å². The lowest BCUT2D eigenvalue weighted by Crippen LogP contribution is -2.25. The highest BCUT2D eigenvalue weighted by Gasteiger charge is 2.30. The number of thiol groups is 1. The second kappa shape index (κ2) is 4.94. The van der Waals surface area contributed by atoms with Gasteiger partial charge < -0.3 is 0 Å². The van der Waals surface area contributed by atoms with Gasteiger partial charge in [-0.1, -0.05) is 11.6 Å². The van der Waals surface area contributed by atoms with Gasteiger partial charge in [-0.3, -0.25) is 9.69 Å². The maximum atomic E-state index is 11.7. The lowest BCUT2D eigenvalue weighted by Gasteiger charge is -2.15. The van der Waals surface area contributed by atoms with E-state index in [4.69, 9.17) is 11.6 Å². The Morgan fingerprint density at radius 2 is 2.44 bits per heavy atom. The zero-order chi connectivity index (χ0) is 11.7. The van der Waals surface area contributed by atoms with Gasteiger partial charge in [-0.25, -0.2) is 4.98 Å². The topological polar surface area (TPSA) is 33.2 Å². The summed E-state index contributed by atoms with van der Waals surface area (Å²) in [5, 5.41) is 0.543. The van der Waals surface area contributed by atoms with Gasteiger partial charge in [-0.2, -0.15) is 12.6 Å². The highest BCUT2D eigenvalue weighted by molar-refractivity contribution is 9.10. The predicted molar refractivity (Wildman–Crippen MR) is 71.3 cm³/mol. The van der Waals surface area contributed by atoms with Gasteiger partial charge in [0.2, 0.25) is 5.91 Å². The number of aromatic nitrogens is 1. The van der Waals surface area contributed by atoms with Crippen molar-refractivity contribution in [1.82, 2.24) is 4.98 Å². The molecule has 16 heavy (non-hydrogen) atoms. The highest BCUT2D eigenvalue weighted by atomic mass is 79.9. The molecule has 1 unspecified atom stereocenters. The number of carbonyl (C=O) groups is 1. The fourth-order valence-electron chi connectivity index (χ4n) is 1.68. The van der Waals surface area contributed by atoms with E-state index in [1.807, 2.05) is 0 Å². The molecule has 1 saturated heterocycles. The molecule has 2 heterocycles. The van der Waals surface area contributed by atoms with E-state index in [1.54, 1.807) is 17.2 Å². The molecule has 6 heteroatoms. The van der Waals surface area contributed by atoms with Crippen LogP contribution in [-0.2, 0) is 4.79 Å². The predicted octanol–water partition coefficient (Wildman–Crippen LogP) is 2.78. The smallest absolute Gasteiger partial charge is 0.228 e. The minimum Gasteiger partial charge on any atom is -0.296 e. The van der Waals surface area contributed by atoms with Gasteiger partial charge in [0.15, 0.2) is 0 Å². The van der Waals surface area contributed by atoms with Crippen LogP contribution in [0, 0.1) is 5.92 Å². The minimum absolute atomic E-state index is 0.0979. The van der Waals surface area contributed by atoms with Crippen LogP contribution in [0.1, 0.15) is 6.42 Å². The van der Waals surface area contributed by atoms with Crippen LogP contribution in [0.25, 0.3) is 0 Å². The Morgan fingerprint density at radius 1 is 1.69 bits per heavy atom. The lowest BCUT2D eigenvalue weighted by atomic mass is 10.1. The van der Waals surface area contributed by atoms with Crippen LogP contribution in [0.3, 0.4) is 0 Å². The largest absolute Gasteiger partial charge is 0.296 e. The normalized spacial score (nSPS) is 20.6. The molecule has 2 rings (SSSR count). The van der Waals surface area contributed by atoms with Gasteiger partial charge in [0, 0.05) is 23.6 Å². The summed E-state index contributed by atoms with van der Waals surface area (Å²) in [4.78, 5) is 17.6. The molecule has 0 aliphatic carbocycles. The third-order valence-corrected chi connectivity index (χ3v) is 4.24. The molecule has 0 aromatic carbocycles. The molecule has 1 aromatic heterocycles. The number of carbonyl (C=O) groups excluding carboxylic acids is 1. The number of nitrogens with zero attached hydrogens (tertiary/aromatic N) is 2. The molecule has 1 aromatic rings. The number of anilines is 1. The van der Waals surface area contributed by atoms with Gasteiger partial charge in [-0.15, -0.1) is 0 Å². The Hall–Kier alpha value is -0.260. The third-order valence-electron chi connectivity index (χ3n) is 2.53. The second-order valence-corrected chi connectivity index (χ2v) is 5.34. The van der Waals surface area contributed by atoms with E-state index in [0.717, 1.165) is 10.2 Å². The Balaban J connectivity index is 2.24. The molecule has 0 N–H and O–H groups in total. The van der Waals surface area contributed by atoms with E-state index in [0.29, 0.717) is 29.7 Å². The van der Waals surface area contributed by atoms with Crippen LogP contribution in [0.5, 0.6) is 0 Å². The molecule has 1 amide bonds. The Labute approximate surface area is 113 Å². The average Bonchev–Trinajstić information content (AvgIpc) is 2.64. The maximum Gasteiger partial charge on any atom is 0.228 e. The zero-order valence-electron chi connectivity index (χ0n) is 8.36. The number of halogens is 2. The van der Waals surface area contributed by atoms with Crippen molar-refractivity contribution < 1.29 is 4.79 Å². The number of hydrogen-bond acceptors (Lipinski definition) is 3. The van der Waals surface area contributed by atoms with Crippen molar-refractivity contribution in [3.8, 4) is 0 Å². The minimum atomic E-state index is 0.0979. The van der Waals surface area contributed by atoms with E-state index in [1.165, 1.54) is 0 Å². The SMILES string of the molecule is O=C1CC(CS)CN1c1cc(Br)c(Cl)cn1. The first-order chi connectivity index (χ1) is 7.61. The highest BCUT2D eigenvalue weighted by Crippen LogP contribution is 2.29. The second-order valence-electron chi connectivity index (χ2n) is 3.71. The quantitative estimate of drug-likeness (QED) is 0.850. The van der Waals surface area contributed by atoms with Crippen LogP contribution in [0.2, 0.25) is 5.02 Å². The molecule has 0 saturated carbocycles. The van der Waals surface area contributed by atoms with Gasteiger partial charge in [0.25, 0.3) is 0 Å². The summed E-state index contributed by atoms with van der Waals surface area (Å²) < 4.78 is 0.751. The van der Waals surface area contributed by atoms with Crippen LogP contribution in [-0.4, -0.2) is 23.2 Å². The Morgan fingerprint density at radius 3 is 3.00 bits per heavy atom. The molecule has 1 fully saturated rings. The van der Waals surface area contributed by atoms with E-state index in [2.05, 4.69) is 33.5 Å². The molecule has 0 radical (unpaired) electrons. The van der Waals surface area contributed by atoms with E-state index >= 15 is 0 Å². The summed E-state index contributed by atoms with van der Waals surface area (Å²) in [7, 11) is 0. The van der Waals surface area contributed by atoms with Gasteiger partial charge in [0.1, 0.15) is 5.82 Å². The third kappa shape index (κ3) is 2.36. The molecule has 3 nitrogen and oxygen atoms in total. The number of rotatable bonds is 2. The molecule has 0 bridgehead atoms. The fraction of sp³-hybridized carbons (Fsp3) is 0.400. The average molecular weight is 322 g/mol. The molecular weight excluding hydrogens is 312 g/mol. The monoisotopic (exact) mass is 320 g/mol. The van der Waals surface area contributed by atoms with Crippen molar-refractivity contribution >= 4 is 51.9 Å². The zero-order valence-corrected chi connectivity index (χ0v) is 11.6. The summed E-state index contributed by atoms with van der Waals surface area (Å²) in [5.41, 5.74) is 0. The van der Waals surface area contributed by atoms with Crippen LogP contribution < -0.4 is 4.90 Å². The van der Waals surface area contributed by atoms with Crippen molar-refractivity contribution in [3.05, 3.63) is 21.8 Å². The van der Waals surface area contributed by atoms with Gasteiger partial charge >= 0.3 is 0 Å². The van der Waals surface area contributed by atoms with Crippen molar-refractivity contribution in [2.24, 2.45) is 5.92 Å². The lowest BCUT2D eigenvalue weighted by molar-refractivity contribution is -0.117. The van der Waals surface area contributed by atoms with Crippen LogP contribution in [0.4, 0.5) is 5.82 Å². The van der Waals surface area contributed by atoms with E-state index in [-0.39, 0.29) is 5.91 Å². The maximum absolute atomic E-state index is 11.7.